The summed E-state index contributed by atoms with van der Waals surface area (Å²) in [6.07, 6.45) is 0.356. The van der Waals surface area contributed by atoms with E-state index in [1.54, 1.807) is 59.1 Å². The monoisotopic (exact) mass is 348 g/mol. The average molecular weight is 348 g/mol. The van der Waals surface area contributed by atoms with Crippen LogP contribution in [-0.2, 0) is 19.9 Å². The van der Waals surface area contributed by atoms with Crippen molar-refractivity contribution in [2.45, 2.75) is 45.3 Å². The first-order valence-electron chi connectivity index (χ1n) is 8.13. The molecule has 7 heteroatoms. The Morgan fingerprint density at radius 3 is 2.28 bits per heavy atom. The summed E-state index contributed by atoms with van der Waals surface area (Å²) < 4.78 is 10.3. The molecule has 0 aromatic heterocycles. The van der Waals surface area contributed by atoms with Gasteiger partial charge < -0.3 is 14.8 Å². The van der Waals surface area contributed by atoms with E-state index in [0.29, 0.717) is 17.7 Å². The van der Waals surface area contributed by atoms with Crippen LogP contribution >= 0.6 is 0 Å². The van der Waals surface area contributed by atoms with Crippen LogP contribution < -0.4 is 10.1 Å². The number of carbonyl (C=O) groups is 3. The van der Waals surface area contributed by atoms with Crippen LogP contribution in [0.25, 0.3) is 0 Å². The summed E-state index contributed by atoms with van der Waals surface area (Å²) in [6.45, 7) is 6.57. The number of nitrogens with one attached hydrogen (secondary N) is 1. The molecule has 0 aliphatic carbocycles. The highest BCUT2D eigenvalue weighted by Gasteiger charge is 2.51. The Morgan fingerprint density at radius 1 is 1.20 bits per heavy atom. The predicted molar refractivity (Wildman–Crippen MR) is 91.1 cm³/mol. The molecule has 0 radical (unpaired) electrons. The molecule has 0 saturated carbocycles. The quantitative estimate of drug-likeness (QED) is 0.651. The topological polar surface area (TPSA) is 84.9 Å². The molecule has 7 nitrogen and oxygen atoms in total. The van der Waals surface area contributed by atoms with Crippen LogP contribution in [0.1, 0.15) is 39.7 Å². The number of carbonyl (C=O) groups excluding carboxylic acids is 3. The van der Waals surface area contributed by atoms with Gasteiger partial charge in [-0.2, -0.15) is 0 Å². The minimum Gasteiger partial charge on any atom is -0.497 e. The second-order valence-electron chi connectivity index (χ2n) is 6.90. The lowest BCUT2D eigenvalue weighted by Crippen LogP contribution is -2.44. The largest absolute Gasteiger partial charge is 0.497 e. The van der Waals surface area contributed by atoms with Gasteiger partial charge in [0.2, 0.25) is 0 Å². The fourth-order valence-electron chi connectivity index (χ4n) is 2.79. The van der Waals surface area contributed by atoms with E-state index in [9.17, 15) is 14.4 Å². The van der Waals surface area contributed by atoms with Gasteiger partial charge in [0.05, 0.1) is 7.11 Å². The van der Waals surface area contributed by atoms with Crippen molar-refractivity contribution in [1.29, 1.82) is 0 Å². The zero-order chi connectivity index (χ0) is 18.8. The van der Waals surface area contributed by atoms with Gasteiger partial charge in [-0.3, -0.25) is 14.5 Å². The number of hydrogen-bond donors (Lipinski definition) is 1. The highest BCUT2D eigenvalue weighted by atomic mass is 16.6. The van der Waals surface area contributed by atoms with Crippen LogP contribution in [0.4, 0.5) is 4.79 Å². The Kier molecular flexibility index (Phi) is 5.06. The molecule has 136 valence electrons. The van der Waals surface area contributed by atoms with Gasteiger partial charge in [-0.15, -0.1) is 0 Å². The molecular weight excluding hydrogens is 324 g/mol. The molecule has 1 atom stereocenters. The maximum atomic E-state index is 12.9. The first-order chi connectivity index (χ1) is 11.6. The number of rotatable bonds is 5. The lowest BCUT2D eigenvalue weighted by Gasteiger charge is -2.26. The van der Waals surface area contributed by atoms with Crippen molar-refractivity contribution in [3.05, 3.63) is 29.8 Å². The van der Waals surface area contributed by atoms with Crippen LogP contribution in [0.5, 0.6) is 5.75 Å². The van der Waals surface area contributed by atoms with E-state index in [0.717, 1.165) is 4.90 Å². The lowest BCUT2D eigenvalue weighted by atomic mass is 9.87. The van der Waals surface area contributed by atoms with Gasteiger partial charge in [-0.25, -0.2) is 4.79 Å². The van der Waals surface area contributed by atoms with Crippen molar-refractivity contribution in [3.8, 4) is 5.75 Å². The number of amides is 3. The molecule has 1 heterocycles. The minimum absolute atomic E-state index is 0.356. The fraction of sp³-hybridized carbons (Fsp3) is 0.500. The molecule has 3 amide bonds. The molecule has 0 spiro atoms. The molecule has 1 aromatic carbocycles. The highest BCUT2D eigenvalue weighted by Crippen LogP contribution is 2.33. The number of ether oxygens (including phenoxy) is 2. The summed E-state index contributed by atoms with van der Waals surface area (Å²) in [5.74, 6) is -0.439. The zero-order valence-corrected chi connectivity index (χ0v) is 15.2. The second kappa shape index (κ2) is 6.74. The summed E-state index contributed by atoms with van der Waals surface area (Å²) in [7, 11) is 1.55. The first-order valence-corrected chi connectivity index (χ1v) is 8.13. The van der Waals surface area contributed by atoms with Crippen molar-refractivity contribution in [2.75, 3.05) is 13.7 Å². The van der Waals surface area contributed by atoms with E-state index >= 15 is 0 Å². The molecule has 25 heavy (non-hydrogen) atoms. The fourth-order valence-corrected chi connectivity index (χ4v) is 2.79. The Balaban J connectivity index is 2.26. The van der Waals surface area contributed by atoms with Gasteiger partial charge in [-0.1, -0.05) is 19.1 Å². The lowest BCUT2D eigenvalue weighted by molar-refractivity contribution is -0.157. The number of urea groups is 1. The van der Waals surface area contributed by atoms with E-state index in [-0.39, 0.29) is 0 Å². The third-order valence-corrected chi connectivity index (χ3v) is 4.00. The van der Waals surface area contributed by atoms with Crippen LogP contribution in [0, 0.1) is 0 Å². The smallest absolute Gasteiger partial charge is 0.326 e. The van der Waals surface area contributed by atoms with Crippen LogP contribution in [-0.4, -0.2) is 42.1 Å². The summed E-state index contributed by atoms with van der Waals surface area (Å²) in [5, 5.41) is 2.73. The Labute approximate surface area is 147 Å². The van der Waals surface area contributed by atoms with Crippen LogP contribution in [0.2, 0.25) is 0 Å². The normalized spacial score (nSPS) is 20.4. The SMILES string of the molecule is CC[C@@]1(c2ccc(OC)cc2)NC(=O)N(CC(=O)OC(C)(C)C)C1=O. The van der Waals surface area contributed by atoms with Gasteiger partial charge in [0.15, 0.2) is 0 Å². The van der Waals surface area contributed by atoms with Crippen molar-refractivity contribution in [3.63, 3.8) is 0 Å². The van der Waals surface area contributed by atoms with Crippen molar-refractivity contribution in [1.82, 2.24) is 10.2 Å². The molecule has 0 unspecified atom stereocenters. The molecule has 2 rings (SSSR count). The number of nitrogens with zero attached hydrogens (tertiary/aromatic N) is 1. The number of imide groups is 1. The summed E-state index contributed by atoms with van der Waals surface area (Å²) in [4.78, 5) is 38.2. The molecule has 1 aromatic rings. The van der Waals surface area contributed by atoms with Gasteiger partial charge in [-0.05, 0) is 44.9 Å². The minimum atomic E-state index is -1.19. The van der Waals surface area contributed by atoms with Crippen molar-refractivity contribution < 1.29 is 23.9 Å². The second-order valence-corrected chi connectivity index (χ2v) is 6.90. The van der Waals surface area contributed by atoms with E-state index < -0.39 is 35.6 Å². The molecule has 1 fully saturated rings. The molecule has 0 bridgehead atoms. The van der Waals surface area contributed by atoms with Gasteiger partial charge >= 0.3 is 12.0 Å². The Bertz CT molecular complexity index is 678. The van der Waals surface area contributed by atoms with Gasteiger partial charge in [0, 0.05) is 0 Å². The highest BCUT2D eigenvalue weighted by molar-refractivity contribution is 6.09. The Hall–Kier alpha value is -2.57. The first kappa shape index (κ1) is 18.8. The van der Waals surface area contributed by atoms with Crippen LogP contribution in [0.3, 0.4) is 0 Å². The van der Waals surface area contributed by atoms with Crippen LogP contribution in [0.15, 0.2) is 24.3 Å². The van der Waals surface area contributed by atoms with E-state index in [1.165, 1.54) is 0 Å². The molecule has 1 aliphatic heterocycles. The van der Waals surface area contributed by atoms with Gasteiger partial charge in [0.25, 0.3) is 5.91 Å². The third-order valence-electron chi connectivity index (χ3n) is 4.00. The predicted octanol–water partition coefficient (Wildman–Crippen LogP) is 2.19. The molecule has 1 saturated heterocycles. The van der Waals surface area contributed by atoms with Crippen molar-refractivity contribution in [2.24, 2.45) is 0 Å². The maximum Gasteiger partial charge on any atom is 0.326 e. The summed E-state index contributed by atoms with van der Waals surface area (Å²) in [5.41, 5.74) is -1.24. The maximum absolute atomic E-state index is 12.9. The van der Waals surface area contributed by atoms with E-state index in [4.69, 9.17) is 9.47 Å². The standard InChI is InChI=1S/C18H24N2O5/c1-6-18(12-7-9-13(24-5)10-8-12)15(22)20(16(23)19-18)11-14(21)25-17(2,3)4/h7-10H,6,11H2,1-5H3,(H,19,23)/t18-/m0/s1. The molecule has 1 N–H and O–H groups in total. The van der Waals surface area contributed by atoms with Gasteiger partial charge in [0.1, 0.15) is 23.4 Å². The van der Waals surface area contributed by atoms with Crippen molar-refractivity contribution >= 4 is 17.9 Å². The molecule has 1 aliphatic rings. The third kappa shape index (κ3) is 3.75. The summed E-state index contributed by atoms with van der Waals surface area (Å²) >= 11 is 0. The molecular formula is C18H24N2O5. The number of hydrogen-bond acceptors (Lipinski definition) is 5. The number of methoxy groups -OCH3 is 1. The summed E-state index contributed by atoms with van der Waals surface area (Å²) in [6, 6.07) is 6.31. The van der Waals surface area contributed by atoms with E-state index in [2.05, 4.69) is 5.32 Å². The number of esters is 1. The van der Waals surface area contributed by atoms with E-state index in [1.807, 2.05) is 0 Å². The Morgan fingerprint density at radius 2 is 1.80 bits per heavy atom. The number of benzene rings is 1. The average Bonchev–Trinajstić information content (AvgIpc) is 2.78. The zero-order valence-electron chi connectivity index (χ0n) is 15.2.